The Hall–Kier alpha value is -2.45. The molecule has 2 amide bonds. The van der Waals surface area contributed by atoms with E-state index in [0.717, 1.165) is 49.8 Å². The monoisotopic (exact) mass is 459 g/mol. The van der Waals surface area contributed by atoms with Crippen molar-refractivity contribution in [2.24, 2.45) is 11.6 Å². The molecule has 1 aliphatic heterocycles. The van der Waals surface area contributed by atoms with E-state index in [2.05, 4.69) is 15.6 Å². The van der Waals surface area contributed by atoms with Crippen molar-refractivity contribution in [2.45, 2.75) is 70.0 Å². The van der Waals surface area contributed by atoms with Crippen LogP contribution in [0.4, 0.5) is 0 Å². The molecule has 0 radical (unpaired) electrons. The lowest BCUT2D eigenvalue weighted by molar-refractivity contribution is -0.139. The van der Waals surface area contributed by atoms with Gasteiger partial charge in [0.2, 0.25) is 11.8 Å². The van der Waals surface area contributed by atoms with Crippen LogP contribution in [0.2, 0.25) is 5.02 Å². The van der Waals surface area contributed by atoms with E-state index < -0.39 is 18.0 Å². The van der Waals surface area contributed by atoms with E-state index in [-0.39, 0.29) is 18.4 Å². The van der Waals surface area contributed by atoms with Crippen molar-refractivity contribution in [1.29, 1.82) is 0 Å². The Morgan fingerprint density at radius 1 is 1.25 bits per heavy atom. The Morgan fingerprint density at radius 2 is 2.06 bits per heavy atom. The third-order valence-electron chi connectivity index (χ3n) is 6.39. The first kappa shape index (κ1) is 21.4. The van der Waals surface area contributed by atoms with E-state index in [1.54, 1.807) is 34.1 Å². The van der Waals surface area contributed by atoms with Crippen molar-refractivity contribution in [3.63, 3.8) is 0 Å². The molecule has 2 fully saturated rings. The number of nitrogens with zero attached hydrogens (tertiary/aromatic N) is 4. The van der Waals surface area contributed by atoms with Crippen LogP contribution in [0.5, 0.6) is 0 Å². The zero-order valence-corrected chi connectivity index (χ0v) is 18.9. The van der Waals surface area contributed by atoms with Crippen molar-refractivity contribution < 1.29 is 11.0 Å². The van der Waals surface area contributed by atoms with Gasteiger partial charge in [0.15, 0.2) is 0 Å². The van der Waals surface area contributed by atoms with Crippen molar-refractivity contribution in [3.05, 3.63) is 41.2 Å². The smallest absolute Gasteiger partial charge is 0.243 e. The van der Waals surface area contributed by atoms with Crippen LogP contribution in [-0.4, -0.2) is 50.3 Å². The first-order valence-electron chi connectivity index (χ1n) is 11.9. The van der Waals surface area contributed by atoms with Gasteiger partial charge in [-0.05, 0) is 48.9 Å². The average molecular weight is 460 g/mol. The zero-order chi connectivity index (χ0) is 23.4. The van der Waals surface area contributed by atoms with Crippen LogP contribution in [0.1, 0.15) is 58.3 Å². The third-order valence-corrected chi connectivity index (χ3v) is 6.62. The van der Waals surface area contributed by atoms with E-state index in [4.69, 9.17) is 18.7 Å². The summed E-state index contributed by atoms with van der Waals surface area (Å²) in [5.74, 6) is -1.07. The van der Waals surface area contributed by atoms with Gasteiger partial charge in [0.25, 0.3) is 0 Å². The van der Waals surface area contributed by atoms with Gasteiger partial charge in [0.1, 0.15) is 6.04 Å². The molecule has 1 saturated heterocycles. The molecule has 9 heteroatoms. The number of halogens is 1. The van der Waals surface area contributed by atoms with Crippen molar-refractivity contribution in [3.8, 4) is 5.69 Å². The van der Waals surface area contributed by atoms with Gasteiger partial charge in [0.05, 0.1) is 24.1 Å². The maximum absolute atomic E-state index is 13.1. The Morgan fingerprint density at radius 3 is 2.81 bits per heavy atom. The number of amides is 2. The molecule has 0 spiro atoms. The molecule has 8 nitrogen and oxygen atoms in total. The Labute approximate surface area is 194 Å². The number of likely N-dealkylation sites (tertiary alicyclic amines) is 1. The number of aromatic nitrogens is 3. The molecule has 1 aromatic heterocycles. The molecule has 2 atom stereocenters. The highest BCUT2D eigenvalue weighted by Gasteiger charge is 2.36. The molecular formula is C23H31ClN6O2. The van der Waals surface area contributed by atoms with E-state index in [9.17, 15) is 9.59 Å². The maximum atomic E-state index is 13.1. The van der Waals surface area contributed by atoms with Crippen LogP contribution < -0.4 is 11.1 Å². The van der Waals surface area contributed by atoms with Crippen molar-refractivity contribution >= 4 is 23.4 Å². The highest BCUT2D eigenvalue weighted by molar-refractivity contribution is 6.30. The minimum Gasteiger partial charge on any atom is -0.350 e. The number of nitrogens with one attached hydrogen (secondary N) is 1. The number of nitrogens with two attached hydrogens (primary N) is 1. The summed E-state index contributed by atoms with van der Waals surface area (Å²) in [6.07, 6.45) is 9.74. The topological polar surface area (TPSA) is 106 Å². The summed E-state index contributed by atoms with van der Waals surface area (Å²) in [5, 5.41) is 11.4. The van der Waals surface area contributed by atoms with Crippen LogP contribution in [0.15, 0.2) is 30.6 Å². The number of carbonyl (C=O) groups excluding carboxylic acids is 2. The number of hydrogen-bond donors (Lipinski definition) is 2. The fraction of sp³-hybridized carbons (Fsp3) is 0.565. The molecule has 172 valence electrons. The van der Waals surface area contributed by atoms with E-state index in [1.165, 1.54) is 0 Å². The first-order valence-corrected chi connectivity index (χ1v) is 11.7. The lowest BCUT2D eigenvalue weighted by Crippen LogP contribution is -2.51. The summed E-state index contributed by atoms with van der Waals surface area (Å²) in [4.78, 5) is 27.7. The van der Waals surface area contributed by atoms with Crippen LogP contribution >= 0.6 is 11.6 Å². The van der Waals surface area contributed by atoms with E-state index in [0.29, 0.717) is 24.4 Å². The lowest BCUT2D eigenvalue weighted by Gasteiger charge is -2.29. The summed E-state index contributed by atoms with van der Waals surface area (Å²) in [6.45, 7) is 0.756. The second-order valence-electron chi connectivity index (χ2n) is 8.65. The third kappa shape index (κ3) is 5.30. The second kappa shape index (κ2) is 10.4. The molecule has 2 heterocycles. The quantitative estimate of drug-likeness (QED) is 0.662. The van der Waals surface area contributed by atoms with Gasteiger partial charge in [-0.15, -0.1) is 5.10 Å². The SMILES string of the molecule is [2H]C1(C[C@H](N)C(=O)N2CCC[C@H]2C(=O)NCc2cc(Cl)ccc2-n2ccnn2)CCCCC1. The largest absolute Gasteiger partial charge is 0.350 e. The number of benzene rings is 1. The average Bonchev–Trinajstić information content (AvgIpc) is 3.49. The summed E-state index contributed by atoms with van der Waals surface area (Å²) in [5.41, 5.74) is 7.82. The number of hydrogen-bond acceptors (Lipinski definition) is 5. The van der Waals surface area contributed by atoms with Gasteiger partial charge >= 0.3 is 0 Å². The molecule has 0 bridgehead atoms. The van der Waals surface area contributed by atoms with Crippen molar-refractivity contribution in [2.75, 3.05) is 6.54 Å². The van der Waals surface area contributed by atoms with Crippen LogP contribution in [0.25, 0.3) is 5.69 Å². The summed E-state index contributed by atoms with van der Waals surface area (Å²) >= 11 is 6.17. The fourth-order valence-corrected chi connectivity index (χ4v) is 4.92. The van der Waals surface area contributed by atoms with Gasteiger partial charge in [0, 0.05) is 19.5 Å². The maximum Gasteiger partial charge on any atom is 0.243 e. The van der Waals surface area contributed by atoms with Gasteiger partial charge in [-0.3, -0.25) is 9.59 Å². The van der Waals surface area contributed by atoms with Crippen molar-refractivity contribution in [1.82, 2.24) is 25.2 Å². The molecule has 32 heavy (non-hydrogen) atoms. The molecular weight excluding hydrogens is 428 g/mol. The van der Waals surface area contributed by atoms with Gasteiger partial charge in [-0.25, -0.2) is 4.68 Å². The lowest BCUT2D eigenvalue weighted by atomic mass is 9.84. The Balaban J connectivity index is 1.39. The van der Waals surface area contributed by atoms with Gasteiger partial charge < -0.3 is 16.0 Å². The molecule has 1 aliphatic carbocycles. The first-order chi connectivity index (χ1) is 15.9. The Bertz CT molecular complexity index is 979. The molecule has 2 aliphatic rings. The predicted molar refractivity (Wildman–Crippen MR) is 122 cm³/mol. The number of rotatable bonds is 7. The molecule has 2 aromatic rings. The summed E-state index contributed by atoms with van der Waals surface area (Å²) in [7, 11) is 0. The van der Waals surface area contributed by atoms with Gasteiger partial charge in [-0.1, -0.05) is 48.9 Å². The summed E-state index contributed by atoms with van der Waals surface area (Å²) < 4.78 is 10.3. The minimum atomic E-state index is -0.749. The van der Waals surface area contributed by atoms with E-state index >= 15 is 0 Å². The molecule has 0 unspecified atom stereocenters. The molecule has 1 saturated carbocycles. The molecule has 1 aromatic carbocycles. The molecule has 3 N–H and O–H groups in total. The second-order valence-corrected chi connectivity index (χ2v) is 9.09. The fourth-order valence-electron chi connectivity index (χ4n) is 4.73. The Kier molecular flexibility index (Phi) is 6.98. The van der Waals surface area contributed by atoms with E-state index in [1.807, 2.05) is 6.07 Å². The molecule has 4 rings (SSSR count). The summed E-state index contributed by atoms with van der Waals surface area (Å²) in [6, 6.07) is 4.06. The normalized spacial score (nSPS) is 21.8. The highest BCUT2D eigenvalue weighted by atomic mass is 35.5. The predicted octanol–water partition coefficient (Wildman–Crippen LogP) is 2.83. The van der Waals surface area contributed by atoms with Crippen LogP contribution in [-0.2, 0) is 16.1 Å². The highest BCUT2D eigenvalue weighted by Crippen LogP contribution is 2.28. The van der Waals surface area contributed by atoms with Crippen LogP contribution in [0, 0.1) is 5.89 Å². The minimum absolute atomic E-state index is 0.212. The zero-order valence-electron chi connectivity index (χ0n) is 19.2. The van der Waals surface area contributed by atoms with Gasteiger partial charge in [-0.2, -0.15) is 0 Å². The standard InChI is InChI=1S/C23H31ClN6O2/c24-18-8-9-20(30-12-10-27-28-30)17(14-18)15-26-22(31)21-7-4-11-29(21)23(32)19(25)13-16-5-2-1-3-6-16/h8-10,12,14,16,19,21H,1-7,11,13,15,25H2,(H,26,31)/t19-,21-/m0/s1/i16D. The van der Waals surface area contributed by atoms with Crippen LogP contribution in [0.3, 0.4) is 0 Å². The number of carbonyl (C=O) groups is 2.